The average molecular weight is 267 g/mol. The molecule has 4 atom stereocenters. The second-order valence-electron chi connectivity index (χ2n) is 4.31. The van der Waals surface area contributed by atoms with Gasteiger partial charge in [-0.3, -0.25) is 4.57 Å². The number of hydrogen-bond acceptors (Lipinski definition) is 8. The molecular formula is C10H13N5O4. The van der Waals surface area contributed by atoms with E-state index in [1.165, 1.54) is 17.2 Å². The number of hydrogen-bond donors (Lipinski definition) is 4. The van der Waals surface area contributed by atoms with Crippen LogP contribution in [-0.2, 0) is 4.74 Å². The summed E-state index contributed by atoms with van der Waals surface area (Å²) in [6.07, 6.45) is -1.42. The molecule has 9 nitrogen and oxygen atoms in total. The molecule has 102 valence electrons. The van der Waals surface area contributed by atoms with Gasteiger partial charge in [0.1, 0.15) is 30.2 Å². The number of fused-ring (bicyclic) bond motifs is 1. The van der Waals surface area contributed by atoms with E-state index in [2.05, 4.69) is 15.0 Å². The van der Waals surface area contributed by atoms with Crippen molar-refractivity contribution in [1.29, 1.82) is 0 Å². The predicted octanol–water partition coefficient (Wildman–Crippen LogP) is -1.98. The molecule has 3 rings (SSSR count). The number of anilines is 1. The molecule has 2 aromatic rings. The molecule has 3 heterocycles. The highest BCUT2D eigenvalue weighted by molar-refractivity contribution is 5.81. The fraction of sp³-hybridized carbons (Fsp3) is 0.500. The summed E-state index contributed by atoms with van der Waals surface area (Å²) in [6, 6.07) is 0. The van der Waals surface area contributed by atoms with Crippen LogP contribution in [0.25, 0.3) is 11.2 Å². The van der Waals surface area contributed by atoms with E-state index in [1.807, 2.05) is 0 Å². The van der Waals surface area contributed by atoms with Gasteiger partial charge in [-0.1, -0.05) is 0 Å². The van der Waals surface area contributed by atoms with Crippen molar-refractivity contribution in [2.75, 3.05) is 12.3 Å². The van der Waals surface area contributed by atoms with Crippen molar-refractivity contribution in [3.05, 3.63) is 12.7 Å². The maximum Gasteiger partial charge on any atom is 0.167 e. The average Bonchev–Trinajstić information content (AvgIpc) is 2.94. The van der Waals surface area contributed by atoms with Gasteiger partial charge in [-0.25, -0.2) is 15.0 Å². The monoisotopic (exact) mass is 267 g/mol. The van der Waals surface area contributed by atoms with E-state index in [9.17, 15) is 10.2 Å². The van der Waals surface area contributed by atoms with Crippen LogP contribution in [-0.4, -0.2) is 59.8 Å². The van der Waals surface area contributed by atoms with Gasteiger partial charge in [0, 0.05) is 0 Å². The second-order valence-corrected chi connectivity index (χ2v) is 4.31. The van der Waals surface area contributed by atoms with Crippen molar-refractivity contribution < 1.29 is 20.1 Å². The zero-order valence-electron chi connectivity index (χ0n) is 9.79. The Hall–Kier alpha value is -1.81. The zero-order valence-corrected chi connectivity index (χ0v) is 9.79. The van der Waals surface area contributed by atoms with Crippen LogP contribution in [0.2, 0.25) is 0 Å². The van der Waals surface area contributed by atoms with E-state index in [0.29, 0.717) is 11.2 Å². The molecule has 0 amide bonds. The summed E-state index contributed by atoms with van der Waals surface area (Å²) in [5.41, 5.74) is 6.44. The lowest BCUT2D eigenvalue weighted by molar-refractivity contribution is -0.0511. The highest BCUT2D eigenvalue weighted by Gasteiger charge is 2.43. The summed E-state index contributed by atoms with van der Waals surface area (Å²) >= 11 is 0. The molecule has 1 saturated heterocycles. The molecule has 0 saturated carbocycles. The summed E-state index contributed by atoms with van der Waals surface area (Å²) < 4.78 is 6.85. The zero-order chi connectivity index (χ0) is 13.6. The molecule has 0 bridgehead atoms. The van der Waals surface area contributed by atoms with Gasteiger partial charge in [0.15, 0.2) is 17.7 Å². The molecule has 5 N–H and O–H groups in total. The van der Waals surface area contributed by atoms with Crippen LogP contribution in [0.4, 0.5) is 5.82 Å². The molecule has 1 aliphatic rings. The van der Waals surface area contributed by atoms with Crippen molar-refractivity contribution in [3.63, 3.8) is 0 Å². The lowest BCUT2D eigenvalue weighted by Gasteiger charge is -2.16. The molecule has 19 heavy (non-hydrogen) atoms. The van der Waals surface area contributed by atoms with Gasteiger partial charge < -0.3 is 25.8 Å². The van der Waals surface area contributed by atoms with E-state index in [-0.39, 0.29) is 5.82 Å². The normalized spacial score (nSPS) is 31.1. The van der Waals surface area contributed by atoms with Gasteiger partial charge in [-0.2, -0.15) is 0 Å². The summed E-state index contributed by atoms with van der Waals surface area (Å²) in [6.45, 7) is -0.390. The van der Waals surface area contributed by atoms with E-state index in [4.69, 9.17) is 15.6 Å². The lowest BCUT2D eigenvalue weighted by Crippen LogP contribution is -2.33. The Morgan fingerprint density at radius 3 is 2.74 bits per heavy atom. The maximum atomic E-state index is 9.95. The molecule has 0 unspecified atom stereocenters. The SMILES string of the molecule is Nc1ncnc2c1ncn2[C@H]1O[C@@H](CO)[C@@H](O)[C@H]1O. The predicted molar refractivity (Wildman–Crippen MR) is 62.7 cm³/mol. The second kappa shape index (κ2) is 4.38. The summed E-state index contributed by atoms with van der Waals surface area (Å²) in [5.74, 6) is 0.218. The van der Waals surface area contributed by atoms with E-state index in [1.54, 1.807) is 0 Å². The Labute approximate surface area is 107 Å². The van der Waals surface area contributed by atoms with Crippen LogP contribution < -0.4 is 5.73 Å². The number of aromatic nitrogens is 4. The molecule has 0 spiro atoms. The van der Waals surface area contributed by atoms with Crippen molar-refractivity contribution in [2.45, 2.75) is 24.5 Å². The van der Waals surface area contributed by atoms with Crippen molar-refractivity contribution >= 4 is 17.0 Å². The van der Waals surface area contributed by atoms with Crippen molar-refractivity contribution in [1.82, 2.24) is 19.5 Å². The number of rotatable bonds is 2. The topological polar surface area (TPSA) is 140 Å². The van der Waals surface area contributed by atoms with Crippen molar-refractivity contribution in [2.24, 2.45) is 0 Å². The number of nitrogens with zero attached hydrogens (tertiary/aromatic N) is 4. The highest BCUT2D eigenvalue weighted by Crippen LogP contribution is 2.31. The lowest BCUT2D eigenvalue weighted by atomic mass is 10.1. The minimum absolute atomic E-state index is 0.218. The van der Waals surface area contributed by atoms with Crippen LogP contribution in [0.3, 0.4) is 0 Å². The van der Waals surface area contributed by atoms with Crippen LogP contribution in [0, 0.1) is 0 Å². The van der Waals surface area contributed by atoms with Crippen molar-refractivity contribution in [3.8, 4) is 0 Å². The first-order valence-corrected chi connectivity index (χ1v) is 5.69. The summed E-state index contributed by atoms with van der Waals surface area (Å²) in [7, 11) is 0. The molecular weight excluding hydrogens is 254 g/mol. The maximum absolute atomic E-state index is 9.95. The number of ether oxygens (including phenoxy) is 1. The number of aliphatic hydroxyl groups excluding tert-OH is 3. The Kier molecular flexibility index (Phi) is 2.82. The molecule has 1 fully saturated rings. The minimum Gasteiger partial charge on any atom is -0.394 e. The smallest absolute Gasteiger partial charge is 0.167 e. The Morgan fingerprint density at radius 1 is 1.26 bits per heavy atom. The molecule has 9 heteroatoms. The third-order valence-electron chi connectivity index (χ3n) is 3.18. The van der Waals surface area contributed by atoms with E-state index >= 15 is 0 Å². The van der Waals surface area contributed by atoms with E-state index < -0.39 is 31.1 Å². The Morgan fingerprint density at radius 2 is 2.05 bits per heavy atom. The van der Waals surface area contributed by atoms with Crippen LogP contribution in [0.1, 0.15) is 6.23 Å². The third kappa shape index (κ3) is 1.75. The van der Waals surface area contributed by atoms with Gasteiger partial charge in [0.05, 0.1) is 12.9 Å². The molecule has 2 aromatic heterocycles. The fourth-order valence-electron chi connectivity index (χ4n) is 2.17. The molecule has 0 radical (unpaired) electrons. The molecule has 0 aromatic carbocycles. The number of nitrogen functional groups attached to an aromatic ring is 1. The summed E-state index contributed by atoms with van der Waals surface area (Å²) in [4.78, 5) is 11.9. The summed E-state index contributed by atoms with van der Waals surface area (Å²) in [5, 5.41) is 28.7. The third-order valence-corrected chi connectivity index (χ3v) is 3.18. The van der Waals surface area contributed by atoms with Gasteiger partial charge in [0.2, 0.25) is 0 Å². The fourth-order valence-corrected chi connectivity index (χ4v) is 2.17. The first-order chi connectivity index (χ1) is 9.13. The first kappa shape index (κ1) is 12.2. The van der Waals surface area contributed by atoms with Gasteiger partial charge >= 0.3 is 0 Å². The molecule has 0 aliphatic carbocycles. The quantitative estimate of drug-likeness (QED) is 0.491. The number of nitrogens with two attached hydrogens (primary N) is 1. The number of imidazole rings is 1. The van der Waals surface area contributed by atoms with Crippen LogP contribution in [0.5, 0.6) is 0 Å². The minimum atomic E-state index is -1.19. The van der Waals surface area contributed by atoms with Crippen LogP contribution >= 0.6 is 0 Å². The standard InChI is InChI=1S/C10H13N5O4/c11-8-5-9(13-2-12-8)15(3-14-5)10-7(18)6(17)4(1-16)19-10/h2-4,6-7,10,16-18H,1H2,(H2,11,12,13)/t4-,6+,7+,10-/m0/s1. The van der Waals surface area contributed by atoms with Crippen LogP contribution in [0.15, 0.2) is 12.7 Å². The molecule has 1 aliphatic heterocycles. The number of aliphatic hydroxyl groups is 3. The largest absolute Gasteiger partial charge is 0.394 e. The Balaban J connectivity index is 2.04. The highest BCUT2D eigenvalue weighted by atomic mass is 16.6. The first-order valence-electron chi connectivity index (χ1n) is 5.69. The Bertz CT molecular complexity index is 603. The van der Waals surface area contributed by atoms with E-state index in [0.717, 1.165) is 0 Å². The van der Waals surface area contributed by atoms with Gasteiger partial charge in [-0.05, 0) is 0 Å². The van der Waals surface area contributed by atoms with Gasteiger partial charge in [0.25, 0.3) is 0 Å². The van der Waals surface area contributed by atoms with Gasteiger partial charge in [-0.15, -0.1) is 0 Å².